The smallest absolute Gasteiger partial charge is 0.262 e. The summed E-state index contributed by atoms with van der Waals surface area (Å²) in [6.45, 7) is 3.49. The topological polar surface area (TPSA) is 77.8 Å². The maximum absolute atomic E-state index is 13.0. The van der Waals surface area contributed by atoms with Gasteiger partial charge in [-0.05, 0) is 49.2 Å². The Morgan fingerprint density at radius 3 is 2.53 bits per heavy atom. The molecule has 3 aromatic carbocycles. The Bertz CT molecular complexity index is 1340. The van der Waals surface area contributed by atoms with Crippen LogP contribution in [0.2, 0.25) is 0 Å². The molecule has 0 spiro atoms. The first kappa shape index (κ1) is 21.2. The van der Waals surface area contributed by atoms with Crippen molar-refractivity contribution in [1.29, 1.82) is 0 Å². The number of aryl methyl sites for hydroxylation is 2. The third-order valence-corrected chi connectivity index (χ3v) is 5.10. The van der Waals surface area contributed by atoms with E-state index in [9.17, 15) is 9.59 Å². The molecule has 0 saturated carbocycles. The quantitative estimate of drug-likeness (QED) is 0.461. The van der Waals surface area contributed by atoms with Gasteiger partial charge in [-0.15, -0.1) is 0 Å². The molecule has 1 N–H and O–H groups in total. The molecule has 0 aliphatic heterocycles. The number of carbonyl (C=O) groups is 1. The van der Waals surface area contributed by atoms with Crippen LogP contribution in [0.25, 0.3) is 22.1 Å². The molecular weight excluding hydrogens is 406 g/mol. The van der Waals surface area contributed by atoms with Gasteiger partial charge in [0.2, 0.25) is 5.43 Å². The molecule has 6 nitrogen and oxygen atoms in total. The van der Waals surface area contributed by atoms with Crippen molar-refractivity contribution < 1.29 is 18.7 Å². The van der Waals surface area contributed by atoms with Gasteiger partial charge in [-0.2, -0.15) is 0 Å². The van der Waals surface area contributed by atoms with Crippen LogP contribution in [-0.4, -0.2) is 19.6 Å². The van der Waals surface area contributed by atoms with Crippen LogP contribution in [0.15, 0.2) is 75.9 Å². The lowest BCUT2D eigenvalue weighted by Crippen LogP contribution is -2.20. The van der Waals surface area contributed by atoms with E-state index in [4.69, 9.17) is 13.9 Å². The van der Waals surface area contributed by atoms with Gasteiger partial charge in [-0.25, -0.2) is 0 Å². The fourth-order valence-electron chi connectivity index (χ4n) is 3.57. The SMILES string of the molecule is COc1ccc(C)cc1NC(=O)COc1ccc2c(=O)c(-c3ccccc3)c(C)oc2c1. The molecular formula is C26H23NO5. The molecule has 0 unspecified atom stereocenters. The Labute approximate surface area is 185 Å². The molecule has 4 rings (SSSR count). The second-order valence-electron chi connectivity index (χ2n) is 7.43. The van der Waals surface area contributed by atoms with Gasteiger partial charge in [-0.1, -0.05) is 36.4 Å². The molecule has 32 heavy (non-hydrogen) atoms. The number of ether oxygens (including phenoxy) is 2. The van der Waals surface area contributed by atoms with E-state index in [1.807, 2.05) is 49.4 Å². The number of anilines is 1. The Hall–Kier alpha value is -4.06. The van der Waals surface area contributed by atoms with Gasteiger partial charge in [0.05, 0.1) is 23.7 Å². The molecule has 4 aromatic rings. The predicted molar refractivity (Wildman–Crippen MR) is 125 cm³/mol. The van der Waals surface area contributed by atoms with E-state index >= 15 is 0 Å². The molecule has 0 atom stereocenters. The number of rotatable bonds is 6. The van der Waals surface area contributed by atoms with E-state index in [1.54, 1.807) is 38.3 Å². The van der Waals surface area contributed by atoms with E-state index in [1.165, 1.54) is 0 Å². The molecule has 1 heterocycles. The second-order valence-corrected chi connectivity index (χ2v) is 7.43. The molecule has 162 valence electrons. The van der Waals surface area contributed by atoms with Gasteiger partial charge >= 0.3 is 0 Å². The fourth-order valence-corrected chi connectivity index (χ4v) is 3.57. The highest BCUT2D eigenvalue weighted by atomic mass is 16.5. The number of carbonyl (C=O) groups excluding carboxylic acids is 1. The molecule has 0 aliphatic carbocycles. The van der Waals surface area contributed by atoms with Crippen molar-refractivity contribution in [2.24, 2.45) is 0 Å². The van der Waals surface area contributed by atoms with Crippen molar-refractivity contribution in [2.45, 2.75) is 13.8 Å². The molecule has 0 bridgehead atoms. The number of methoxy groups -OCH3 is 1. The summed E-state index contributed by atoms with van der Waals surface area (Å²) in [7, 11) is 1.55. The fraction of sp³-hybridized carbons (Fsp3) is 0.154. The van der Waals surface area contributed by atoms with Crippen LogP contribution in [0, 0.1) is 13.8 Å². The summed E-state index contributed by atoms with van der Waals surface area (Å²) in [4.78, 5) is 25.4. The number of fused-ring (bicyclic) bond motifs is 1. The average Bonchev–Trinajstić information content (AvgIpc) is 2.78. The summed E-state index contributed by atoms with van der Waals surface area (Å²) in [5, 5.41) is 3.25. The number of amides is 1. The minimum atomic E-state index is -0.328. The second kappa shape index (κ2) is 8.98. The van der Waals surface area contributed by atoms with Gasteiger partial charge < -0.3 is 19.2 Å². The van der Waals surface area contributed by atoms with Crippen molar-refractivity contribution in [3.05, 3.63) is 88.3 Å². The zero-order valence-corrected chi connectivity index (χ0v) is 18.1. The normalized spacial score (nSPS) is 10.7. The number of nitrogens with one attached hydrogen (secondary N) is 1. The van der Waals surface area contributed by atoms with Gasteiger partial charge in [-0.3, -0.25) is 9.59 Å². The lowest BCUT2D eigenvalue weighted by molar-refractivity contribution is -0.118. The minimum absolute atomic E-state index is 0.106. The van der Waals surface area contributed by atoms with E-state index in [-0.39, 0.29) is 17.9 Å². The highest BCUT2D eigenvalue weighted by molar-refractivity contribution is 5.93. The van der Waals surface area contributed by atoms with Crippen molar-refractivity contribution in [2.75, 3.05) is 19.0 Å². The third-order valence-electron chi connectivity index (χ3n) is 5.10. The van der Waals surface area contributed by atoms with E-state index < -0.39 is 0 Å². The van der Waals surface area contributed by atoms with Crippen molar-refractivity contribution in [3.63, 3.8) is 0 Å². The van der Waals surface area contributed by atoms with Crippen LogP contribution in [0.5, 0.6) is 11.5 Å². The summed E-state index contributed by atoms with van der Waals surface area (Å²) in [5.74, 6) is 1.20. The lowest BCUT2D eigenvalue weighted by Gasteiger charge is -2.12. The summed E-state index contributed by atoms with van der Waals surface area (Å²) in [6.07, 6.45) is 0. The Morgan fingerprint density at radius 1 is 1.00 bits per heavy atom. The summed E-state index contributed by atoms with van der Waals surface area (Å²) in [5.41, 5.74) is 3.23. The van der Waals surface area contributed by atoms with Crippen molar-refractivity contribution >= 4 is 22.6 Å². The highest BCUT2D eigenvalue weighted by Crippen LogP contribution is 2.27. The first-order valence-corrected chi connectivity index (χ1v) is 10.2. The molecule has 0 radical (unpaired) electrons. The molecule has 0 fully saturated rings. The Balaban J connectivity index is 1.53. The van der Waals surface area contributed by atoms with Crippen molar-refractivity contribution in [3.8, 4) is 22.6 Å². The van der Waals surface area contributed by atoms with Gasteiger partial charge in [0, 0.05) is 6.07 Å². The zero-order valence-electron chi connectivity index (χ0n) is 18.1. The molecule has 1 aromatic heterocycles. The predicted octanol–water partition coefficient (Wildman–Crippen LogP) is 5.10. The van der Waals surface area contributed by atoms with Crippen LogP contribution in [0.4, 0.5) is 5.69 Å². The molecule has 0 aliphatic rings. The minimum Gasteiger partial charge on any atom is -0.495 e. The van der Waals surface area contributed by atoms with Gasteiger partial charge in [0.25, 0.3) is 5.91 Å². The summed E-state index contributed by atoms with van der Waals surface area (Å²) < 4.78 is 16.8. The standard InChI is InChI=1S/C26H23NO5/c1-16-9-12-22(30-3)21(13-16)27-24(28)15-31-19-10-11-20-23(14-19)32-17(2)25(26(20)29)18-7-5-4-6-8-18/h4-14H,15H2,1-3H3,(H,27,28). The van der Waals surface area contributed by atoms with E-state index in [0.29, 0.717) is 39.5 Å². The van der Waals surface area contributed by atoms with Gasteiger partial charge in [0.15, 0.2) is 6.61 Å². The van der Waals surface area contributed by atoms with E-state index in [0.717, 1.165) is 11.1 Å². The van der Waals surface area contributed by atoms with Crippen LogP contribution in [0.3, 0.4) is 0 Å². The monoisotopic (exact) mass is 429 g/mol. The Kier molecular flexibility index (Phi) is 5.94. The van der Waals surface area contributed by atoms with Crippen LogP contribution in [-0.2, 0) is 4.79 Å². The number of hydrogen-bond acceptors (Lipinski definition) is 5. The maximum atomic E-state index is 13.0. The van der Waals surface area contributed by atoms with Crippen LogP contribution in [0.1, 0.15) is 11.3 Å². The molecule has 0 saturated heterocycles. The summed E-state index contributed by atoms with van der Waals surface area (Å²) in [6, 6.07) is 19.9. The largest absolute Gasteiger partial charge is 0.495 e. The number of hydrogen-bond donors (Lipinski definition) is 1. The maximum Gasteiger partial charge on any atom is 0.262 e. The van der Waals surface area contributed by atoms with Crippen LogP contribution < -0.4 is 20.2 Å². The van der Waals surface area contributed by atoms with Crippen LogP contribution >= 0.6 is 0 Å². The number of benzene rings is 3. The lowest BCUT2D eigenvalue weighted by atomic mass is 10.0. The van der Waals surface area contributed by atoms with Crippen molar-refractivity contribution in [1.82, 2.24) is 0 Å². The Morgan fingerprint density at radius 2 is 1.78 bits per heavy atom. The van der Waals surface area contributed by atoms with E-state index in [2.05, 4.69) is 5.32 Å². The van der Waals surface area contributed by atoms with Gasteiger partial charge in [0.1, 0.15) is 22.8 Å². The first-order valence-electron chi connectivity index (χ1n) is 10.2. The first-order chi connectivity index (χ1) is 15.5. The molecule has 6 heteroatoms. The third kappa shape index (κ3) is 4.34. The molecule has 1 amide bonds. The summed E-state index contributed by atoms with van der Waals surface area (Å²) >= 11 is 0. The average molecular weight is 429 g/mol. The highest BCUT2D eigenvalue weighted by Gasteiger charge is 2.14. The zero-order chi connectivity index (χ0) is 22.7.